The van der Waals surface area contributed by atoms with Crippen molar-refractivity contribution >= 4 is 11.9 Å². The van der Waals surface area contributed by atoms with E-state index in [1.165, 1.54) is 6.08 Å². The Hall–Kier alpha value is -1.54. The Labute approximate surface area is 127 Å². The Morgan fingerprint density at radius 1 is 1.45 bits per heavy atom. The maximum absolute atomic E-state index is 12.4. The van der Waals surface area contributed by atoms with Crippen LogP contribution in [0.2, 0.25) is 0 Å². The van der Waals surface area contributed by atoms with Crippen molar-refractivity contribution in [3.8, 4) is 0 Å². The lowest BCUT2D eigenvalue weighted by Crippen LogP contribution is -2.58. The van der Waals surface area contributed by atoms with E-state index in [1.54, 1.807) is 0 Å². The number of amides is 1. The number of halogens is 2. The molecule has 1 rings (SSSR count). The van der Waals surface area contributed by atoms with E-state index in [-0.39, 0.29) is 18.1 Å². The predicted molar refractivity (Wildman–Crippen MR) is 75.5 cm³/mol. The molecule has 0 aromatic carbocycles. The normalized spacial score (nSPS) is 25.2. The van der Waals surface area contributed by atoms with Gasteiger partial charge in [-0.05, 0) is 25.3 Å². The highest BCUT2D eigenvalue weighted by Gasteiger charge is 2.37. The molecule has 6 nitrogen and oxygen atoms in total. The van der Waals surface area contributed by atoms with Crippen molar-refractivity contribution in [1.82, 2.24) is 5.32 Å². The standard InChI is InChI=1S/C14H22F2N2O4/c1-3-8(4-2)22-10-6-7(14(20)21)5-9(17)11(10)18-13(19)12(15)16/h6,8-12H,3-5,17H2,1-2H3,(H,18,19)(H,20,21). The van der Waals surface area contributed by atoms with Gasteiger partial charge in [-0.25, -0.2) is 4.79 Å². The van der Waals surface area contributed by atoms with Gasteiger partial charge in [-0.3, -0.25) is 4.79 Å². The summed E-state index contributed by atoms with van der Waals surface area (Å²) < 4.78 is 30.6. The molecule has 8 heteroatoms. The third kappa shape index (κ3) is 4.74. The quantitative estimate of drug-likeness (QED) is 0.651. The molecule has 1 amide bonds. The molecule has 3 unspecified atom stereocenters. The fourth-order valence-corrected chi connectivity index (χ4v) is 2.40. The van der Waals surface area contributed by atoms with Crippen LogP contribution in [-0.2, 0) is 14.3 Å². The summed E-state index contributed by atoms with van der Waals surface area (Å²) in [7, 11) is 0. The second-order valence-corrected chi connectivity index (χ2v) is 5.24. The molecule has 22 heavy (non-hydrogen) atoms. The summed E-state index contributed by atoms with van der Waals surface area (Å²) in [6.07, 6.45) is -1.50. The SMILES string of the molecule is CCC(CC)OC1C=C(C(=O)O)CC(N)C1NC(=O)C(F)F. The van der Waals surface area contributed by atoms with Gasteiger partial charge in [-0.1, -0.05) is 13.8 Å². The lowest BCUT2D eigenvalue weighted by Gasteiger charge is -2.36. The first-order valence-electron chi connectivity index (χ1n) is 7.23. The minimum absolute atomic E-state index is 0.0215. The highest BCUT2D eigenvalue weighted by molar-refractivity contribution is 5.87. The van der Waals surface area contributed by atoms with Crippen molar-refractivity contribution < 1.29 is 28.2 Å². The van der Waals surface area contributed by atoms with Crippen molar-refractivity contribution in [3.05, 3.63) is 11.6 Å². The molecule has 0 saturated carbocycles. The molecule has 0 radical (unpaired) electrons. The van der Waals surface area contributed by atoms with Gasteiger partial charge in [0.1, 0.15) is 0 Å². The molecule has 1 aliphatic rings. The molecule has 1 aliphatic carbocycles. The van der Waals surface area contributed by atoms with Crippen molar-refractivity contribution in [3.63, 3.8) is 0 Å². The molecule has 126 valence electrons. The van der Waals surface area contributed by atoms with E-state index in [0.29, 0.717) is 12.8 Å². The molecule has 0 fully saturated rings. The summed E-state index contributed by atoms with van der Waals surface area (Å²) in [5.74, 6) is -2.57. The van der Waals surface area contributed by atoms with Crippen LogP contribution < -0.4 is 11.1 Å². The number of carboxylic acid groups (broad SMARTS) is 1. The average Bonchev–Trinajstić information content (AvgIpc) is 2.46. The number of nitrogens with one attached hydrogen (secondary N) is 1. The van der Waals surface area contributed by atoms with E-state index in [0.717, 1.165) is 0 Å². The average molecular weight is 320 g/mol. The zero-order valence-electron chi connectivity index (χ0n) is 12.6. The highest BCUT2D eigenvalue weighted by atomic mass is 19.3. The third-order valence-corrected chi connectivity index (χ3v) is 3.68. The maximum atomic E-state index is 12.4. The molecule has 0 heterocycles. The molecule has 0 aliphatic heterocycles. The smallest absolute Gasteiger partial charge is 0.331 e. The van der Waals surface area contributed by atoms with Crippen molar-refractivity contribution in [2.24, 2.45) is 5.73 Å². The summed E-state index contributed by atoms with van der Waals surface area (Å²) in [6.45, 7) is 3.79. The largest absolute Gasteiger partial charge is 0.478 e. The van der Waals surface area contributed by atoms with Crippen LogP contribution in [0, 0.1) is 0 Å². The summed E-state index contributed by atoms with van der Waals surface area (Å²) in [5.41, 5.74) is 5.92. The first-order chi connectivity index (χ1) is 10.3. The van der Waals surface area contributed by atoms with E-state index in [2.05, 4.69) is 5.32 Å². The summed E-state index contributed by atoms with van der Waals surface area (Å²) in [6, 6.07) is -1.69. The molecule has 0 spiro atoms. The molecular formula is C14H22F2N2O4. The van der Waals surface area contributed by atoms with E-state index in [9.17, 15) is 18.4 Å². The van der Waals surface area contributed by atoms with Crippen LogP contribution in [0.4, 0.5) is 8.78 Å². The van der Waals surface area contributed by atoms with Crippen LogP contribution in [0.3, 0.4) is 0 Å². The number of nitrogens with two attached hydrogens (primary N) is 1. The van der Waals surface area contributed by atoms with Crippen LogP contribution in [0.1, 0.15) is 33.1 Å². The molecule has 3 atom stereocenters. The lowest BCUT2D eigenvalue weighted by atomic mass is 9.88. The van der Waals surface area contributed by atoms with Gasteiger partial charge in [0.15, 0.2) is 0 Å². The minimum atomic E-state index is -3.16. The number of hydrogen-bond acceptors (Lipinski definition) is 4. The fourth-order valence-electron chi connectivity index (χ4n) is 2.40. The Balaban J connectivity index is 2.99. The van der Waals surface area contributed by atoms with Gasteiger partial charge >= 0.3 is 12.4 Å². The van der Waals surface area contributed by atoms with Gasteiger partial charge in [0.25, 0.3) is 5.91 Å². The molecule has 0 aromatic rings. The number of aliphatic carboxylic acids is 1. The molecule has 0 saturated heterocycles. The zero-order valence-corrected chi connectivity index (χ0v) is 12.6. The number of rotatable bonds is 7. The summed E-state index contributed by atoms with van der Waals surface area (Å²) in [5, 5.41) is 11.2. The van der Waals surface area contributed by atoms with Crippen LogP contribution in [0.15, 0.2) is 11.6 Å². The number of carbonyl (C=O) groups is 2. The monoisotopic (exact) mass is 320 g/mol. The van der Waals surface area contributed by atoms with E-state index < -0.39 is 36.5 Å². The lowest BCUT2D eigenvalue weighted by molar-refractivity contribution is -0.134. The first kappa shape index (κ1) is 18.5. The second-order valence-electron chi connectivity index (χ2n) is 5.24. The molecular weight excluding hydrogens is 298 g/mol. The number of ether oxygens (including phenoxy) is 1. The van der Waals surface area contributed by atoms with Gasteiger partial charge in [-0.2, -0.15) is 8.78 Å². The Kier molecular flexibility index (Phi) is 6.89. The number of carboxylic acids is 1. The highest BCUT2D eigenvalue weighted by Crippen LogP contribution is 2.23. The van der Waals surface area contributed by atoms with Gasteiger partial charge in [0.2, 0.25) is 0 Å². The van der Waals surface area contributed by atoms with Crippen LogP contribution in [0.5, 0.6) is 0 Å². The van der Waals surface area contributed by atoms with E-state index in [1.807, 2.05) is 13.8 Å². The topological polar surface area (TPSA) is 102 Å². The van der Waals surface area contributed by atoms with Crippen molar-refractivity contribution in [2.45, 2.75) is 63.8 Å². The Morgan fingerprint density at radius 2 is 2.05 bits per heavy atom. The molecule has 0 aromatic heterocycles. The van der Waals surface area contributed by atoms with E-state index in [4.69, 9.17) is 15.6 Å². The molecule has 4 N–H and O–H groups in total. The maximum Gasteiger partial charge on any atom is 0.331 e. The van der Waals surface area contributed by atoms with Gasteiger partial charge < -0.3 is 20.9 Å². The van der Waals surface area contributed by atoms with Crippen LogP contribution in [0.25, 0.3) is 0 Å². The van der Waals surface area contributed by atoms with Crippen molar-refractivity contribution in [1.29, 1.82) is 0 Å². The third-order valence-electron chi connectivity index (χ3n) is 3.68. The number of alkyl halides is 2. The number of hydrogen-bond donors (Lipinski definition) is 3. The molecule has 0 bridgehead atoms. The second kappa shape index (κ2) is 8.19. The van der Waals surface area contributed by atoms with E-state index >= 15 is 0 Å². The van der Waals surface area contributed by atoms with Crippen LogP contribution >= 0.6 is 0 Å². The minimum Gasteiger partial charge on any atom is -0.478 e. The summed E-state index contributed by atoms with van der Waals surface area (Å²) >= 11 is 0. The number of carbonyl (C=O) groups excluding carboxylic acids is 1. The van der Waals surface area contributed by atoms with Gasteiger partial charge in [0.05, 0.1) is 18.2 Å². The van der Waals surface area contributed by atoms with Gasteiger partial charge in [0, 0.05) is 11.6 Å². The first-order valence-corrected chi connectivity index (χ1v) is 7.23. The zero-order chi connectivity index (χ0) is 16.9. The summed E-state index contributed by atoms with van der Waals surface area (Å²) in [4.78, 5) is 22.4. The Bertz CT molecular complexity index is 439. The Morgan fingerprint density at radius 3 is 2.50 bits per heavy atom. The fraction of sp³-hybridized carbons (Fsp3) is 0.714. The predicted octanol–water partition coefficient (Wildman–Crippen LogP) is 1.05. The van der Waals surface area contributed by atoms with Crippen LogP contribution in [-0.4, -0.2) is 47.7 Å². The van der Waals surface area contributed by atoms with Gasteiger partial charge in [-0.15, -0.1) is 0 Å². The van der Waals surface area contributed by atoms with Crippen molar-refractivity contribution in [2.75, 3.05) is 0 Å².